The number of methoxy groups -OCH3 is 2. The van der Waals surface area contributed by atoms with Crippen LogP contribution in [0, 0.1) is 5.41 Å². The third kappa shape index (κ3) is 6.58. The van der Waals surface area contributed by atoms with Crippen molar-refractivity contribution in [3.8, 4) is 11.5 Å². The highest BCUT2D eigenvalue weighted by Crippen LogP contribution is 2.28. The van der Waals surface area contributed by atoms with E-state index in [1.54, 1.807) is 26.0 Å². The number of nitrogens with zero attached hydrogens (tertiary/aromatic N) is 1. The van der Waals surface area contributed by atoms with Crippen molar-refractivity contribution in [1.29, 1.82) is 0 Å². The van der Waals surface area contributed by atoms with Crippen molar-refractivity contribution in [3.63, 3.8) is 0 Å². The van der Waals surface area contributed by atoms with E-state index in [9.17, 15) is 9.59 Å². The van der Waals surface area contributed by atoms with Gasteiger partial charge in [-0.3, -0.25) is 9.59 Å². The van der Waals surface area contributed by atoms with Gasteiger partial charge in [-0.2, -0.15) is 0 Å². The lowest BCUT2D eigenvalue weighted by Gasteiger charge is -2.29. The minimum absolute atomic E-state index is 0.0160. The second kappa shape index (κ2) is 10.0. The second-order valence-corrected chi connectivity index (χ2v) is 7.04. The molecule has 1 rings (SSSR count). The van der Waals surface area contributed by atoms with Gasteiger partial charge in [-0.25, -0.2) is 0 Å². The van der Waals surface area contributed by atoms with Gasteiger partial charge < -0.3 is 19.1 Å². The summed E-state index contributed by atoms with van der Waals surface area (Å²) < 4.78 is 15.5. The number of hydrogen-bond donors (Lipinski definition) is 0. The van der Waals surface area contributed by atoms with E-state index in [4.69, 9.17) is 14.2 Å². The van der Waals surface area contributed by atoms with Gasteiger partial charge in [0, 0.05) is 18.5 Å². The fourth-order valence-electron chi connectivity index (χ4n) is 2.55. The molecular formula is C20H31NO5. The Hall–Kier alpha value is -2.24. The van der Waals surface area contributed by atoms with Crippen LogP contribution >= 0.6 is 0 Å². The Labute approximate surface area is 156 Å². The predicted molar refractivity (Wildman–Crippen MR) is 101 cm³/mol. The minimum atomic E-state index is -0.508. The SMILES string of the molecule is CCOC(=O)CCN(CCc1ccc(OC)c(OC)c1)C(=O)C(C)(C)C. The molecule has 0 aliphatic rings. The predicted octanol–water partition coefficient (Wildman–Crippen LogP) is 3.07. The van der Waals surface area contributed by atoms with E-state index in [0.717, 1.165) is 5.56 Å². The van der Waals surface area contributed by atoms with Crippen molar-refractivity contribution in [2.75, 3.05) is 33.9 Å². The largest absolute Gasteiger partial charge is 0.493 e. The molecule has 6 heteroatoms. The lowest BCUT2D eigenvalue weighted by Crippen LogP contribution is -2.41. The average Bonchev–Trinajstić information content (AvgIpc) is 2.60. The van der Waals surface area contributed by atoms with E-state index in [-0.39, 0.29) is 18.3 Å². The van der Waals surface area contributed by atoms with Crippen molar-refractivity contribution in [3.05, 3.63) is 23.8 Å². The molecule has 0 atom stereocenters. The highest BCUT2D eigenvalue weighted by atomic mass is 16.5. The molecule has 0 saturated heterocycles. The van der Waals surface area contributed by atoms with Crippen molar-refractivity contribution < 1.29 is 23.8 Å². The van der Waals surface area contributed by atoms with E-state index in [1.807, 2.05) is 39.0 Å². The molecule has 0 unspecified atom stereocenters. The van der Waals surface area contributed by atoms with E-state index in [0.29, 0.717) is 37.6 Å². The first-order chi connectivity index (χ1) is 12.2. The van der Waals surface area contributed by atoms with Crippen molar-refractivity contribution in [2.24, 2.45) is 5.41 Å². The molecule has 0 radical (unpaired) electrons. The number of ether oxygens (including phenoxy) is 3. The first-order valence-electron chi connectivity index (χ1n) is 8.88. The normalized spacial score (nSPS) is 11.0. The highest BCUT2D eigenvalue weighted by molar-refractivity contribution is 5.82. The van der Waals surface area contributed by atoms with Crippen LogP contribution in [0.3, 0.4) is 0 Å². The number of rotatable bonds is 9. The summed E-state index contributed by atoms with van der Waals surface area (Å²) in [5.74, 6) is 1.05. The summed E-state index contributed by atoms with van der Waals surface area (Å²) in [5.41, 5.74) is 0.525. The Morgan fingerprint density at radius 2 is 1.69 bits per heavy atom. The van der Waals surface area contributed by atoms with Gasteiger partial charge in [0.05, 0.1) is 27.2 Å². The molecule has 1 amide bonds. The van der Waals surface area contributed by atoms with Crippen molar-refractivity contribution in [1.82, 2.24) is 4.90 Å². The maximum Gasteiger partial charge on any atom is 0.307 e. The Bertz CT molecular complexity index is 607. The molecule has 0 aliphatic heterocycles. The monoisotopic (exact) mass is 365 g/mol. The Kier molecular flexibility index (Phi) is 8.42. The zero-order valence-electron chi connectivity index (χ0n) is 16.8. The summed E-state index contributed by atoms with van der Waals surface area (Å²) in [5, 5.41) is 0. The standard InChI is InChI=1S/C20H31NO5/c1-7-26-18(22)11-13-21(19(23)20(2,3)4)12-10-15-8-9-16(24-5)17(14-15)25-6/h8-9,14H,7,10-13H2,1-6H3. The molecule has 0 fully saturated rings. The smallest absolute Gasteiger partial charge is 0.307 e. The van der Waals surface area contributed by atoms with Gasteiger partial charge in [0.2, 0.25) is 5.91 Å². The van der Waals surface area contributed by atoms with Gasteiger partial charge in [0.15, 0.2) is 11.5 Å². The fourth-order valence-corrected chi connectivity index (χ4v) is 2.55. The van der Waals surface area contributed by atoms with Gasteiger partial charge in [-0.05, 0) is 31.0 Å². The second-order valence-electron chi connectivity index (χ2n) is 7.04. The molecule has 0 aromatic heterocycles. The van der Waals surface area contributed by atoms with Crippen LogP contribution < -0.4 is 9.47 Å². The Morgan fingerprint density at radius 1 is 1.04 bits per heavy atom. The van der Waals surface area contributed by atoms with Gasteiger partial charge in [-0.1, -0.05) is 26.8 Å². The van der Waals surface area contributed by atoms with Crippen LogP contribution in [0.25, 0.3) is 0 Å². The van der Waals surface area contributed by atoms with E-state index >= 15 is 0 Å². The maximum absolute atomic E-state index is 12.7. The van der Waals surface area contributed by atoms with E-state index < -0.39 is 5.41 Å². The Balaban J connectivity index is 2.82. The molecule has 0 saturated carbocycles. The fraction of sp³-hybridized carbons (Fsp3) is 0.600. The quantitative estimate of drug-likeness (QED) is 0.629. The lowest BCUT2D eigenvalue weighted by atomic mass is 9.94. The van der Waals surface area contributed by atoms with Crippen LogP contribution in [0.1, 0.15) is 39.7 Å². The highest BCUT2D eigenvalue weighted by Gasteiger charge is 2.27. The molecule has 6 nitrogen and oxygen atoms in total. The zero-order chi connectivity index (χ0) is 19.7. The van der Waals surface area contributed by atoms with Gasteiger partial charge >= 0.3 is 5.97 Å². The summed E-state index contributed by atoms with van der Waals surface area (Å²) in [7, 11) is 3.19. The molecule has 0 heterocycles. The van der Waals surface area contributed by atoms with Crippen LogP contribution in [0.4, 0.5) is 0 Å². The number of hydrogen-bond acceptors (Lipinski definition) is 5. The summed E-state index contributed by atoms with van der Waals surface area (Å²) in [6.07, 6.45) is 0.854. The van der Waals surface area contributed by atoms with Crippen LogP contribution in [-0.2, 0) is 20.7 Å². The summed E-state index contributed by atoms with van der Waals surface area (Å²) >= 11 is 0. The number of amides is 1. The maximum atomic E-state index is 12.7. The van der Waals surface area contributed by atoms with Gasteiger partial charge in [0.1, 0.15) is 0 Å². The first-order valence-corrected chi connectivity index (χ1v) is 8.88. The third-order valence-electron chi connectivity index (χ3n) is 3.94. The first kappa shape index (κ1) is 21.8. The average molecular weight is 365 g/mol. The summed E-state index contributed by atoms with van der Waals surface area (Å²) in [6.45, 7) is 8.62. The molecule has 0 aliphatic carbocycles. The molecular weight excluding hydrogens is 334 g/mol. The van der Waals surface area contributed by atoms with Crippen LogP contribution in [0.5, 0.6) is 11.5 Å². The number of carbonyl (C=O) groups excluding carboxylic acids is 2. The molecule has 0 bridgehead atoms. The molecule has 1 aromatic rings. The summed E-state index contributed by atoms with van der Waals surface area (Å²) in [4.78, 5) is 26.1. The van der Waals surface area contributed by atoms with Gasteiger partial charge in [0.25, 0.3) is 0 Å². The van der Waals surface area contributed by atoms with Crippen LogP contribution in [0.15, 0.2) is 18.2 Å². The molecule has 1 aromatic carbocycles. The Morgan fingerprint density at radius 3 is 2.23 bits per heavy atom. The molecule has 26 heavy (non-hydrogen) atoms. The van der Waals surface area contributed by atoms with Crippen molar-refractivity contribution in [2.45, 2.75) is 40.5 Å². The third-order valence-corrected chi connectivity index (χ3v) is 3.94. The lowest BCUT2D eigenvalue weighted by molar-refractivity contribution is -0.145. The number of esters is 1. The minimum Gasteiger partial charge on any atom is -0.493 e. The van der Waals surface area contributed by atoms with Crippen LogP contribution in [0.2, 0.25) is 0 Å². The van der Waals surface area contributed by atoms with E-state index in [1.165, 1.54) is 0 Å². The van der Waals surface area contributed by atoms with Crippen molar-refractivity contribution >= 4 is 11.9 Å². The summed E-state index contributed by atoms with van der Waals surface area (Å²) in [6, 6.07) is 5.71. The number of benzene rings is 1. The molecule has 0 N–H and O–H groups in total. The van der Waals surface area contributed by atoms with E-state index in [2.05, 4.69) is 0 Å². The van der Waals surface area contributed by atoms with Crippen LogP contribution in [-0.4, -0.2) is 50.7 Å². The molecule has 146 valence electrons. The topological polar surface area (TPSA) is 65.1 Å². The zero-order valence-corrected chi connectivity index (χ0v) is 16.8. The van der Waals surface area contributed by atoms with Gasteiger partial charge in [-0.15, -0.1) is 0 Å². The molecule has 0 spiro atoms. The number of carbonyl (C=O) groups is 2.